The average molecular weight is 298 g/mol. The SMILES string of the molecule is NC(=O)c1c(I)cncc1C(F)F. The lowest BCUT2D eigenvalue weighted by molar-refractivity contribution is 0.0984. The summed E-state index contributed by atoms with van der Waals surface area (Å²) in [5, 5.41) is 0. The van der Waals surface area contributed by atoms with Crippen molar-refractivity contribution in [2.24, 2.45) is 5.73 Å². The van der Waals surface area contributed by atoms with Gasteiger partial charge in [0.15, 0.2) is 0 Å². The highest BCUT2D eigenvalue weighted by molar-refractivity contribution is 14.1. The van der Waals surface area contributed by atoms with E-state index in [2.05, 4.69) is 4.98 Å². The van der Waals surface area contributed by atoms with E-state index in [0.29, 0.717) is 3.57 Å². The Hall–Kier alpha value is -0.790. The van der Waals surface area contributed by atoms with Crippen LogP contribution in [0.3, 0.4) is 0 Å². The summed E-state index contributed by atoms with van der Waals surface area (Å²) in [6.45, 7) is 0. The summed E-state index contributed by atoms with van der Waals surface area (Å²) in [4.78, 5) is 14.4. The van der Waals surface area contributed by atoms with Crippen LogP contribution in [0.5, 0.6) is 0 Å². The molecule has 0 aliphatic heterocycles. The Bertz CT molecular complexity index is 343. The first kappa shape index (κ1) is 10.3. The Kier molecular flexibility index (Phi) is 3.12. The van der Waals surface area contributed by atoms with Gasteiger partial charge >= 0.3 is 0 Å². The highest BCUT2D eigenvalue weighted by Crippen LogP contribution is 2.24. The van der Waals surface area contributed by atoms with Crippen molar-refractivity contribution in [3.8, 4) is 0 Å². The molecule has 70 valence electrons. The Morgan fingerprint density at radius 1 is 1.54 bits per heavy atom. The van der Waals surface area contributed by atoms with Gasteiger partial charge in [-0.15, -0.1) is 0 Å². The molecule has 6 heteroatoms. The summed E-state index contributed by atoms with van der Waals surface area (Å²) in [6.07, 6.45) is -0.468. The van der Waals surface area contributed by atoms with E-state index in [-0.39, 0.29) is 5.56 Å². The number of halogens is 3. The fourth-order valence-electron chi connectivity index (χ4n) is 0.875. The minimum atomic E-state index is -2.73. The number of primary amides is 1. The zero-order valence-electron chi connectivity index (χ0n) is 6.30. The molecule has 2 N–H and O–H groups in total. The first-order valence-corrected chi connectivity index (χ1v) is 4.33. The van der Waals surface area contributed by atoms with E-state index in [9.17, 15) is 13.6 Å². The molecule has 1 heterocycles. The number of pyridine rings is 1. The van der Waals surface area contributed by atoms with Gasteiger partial charge in [0.05, 0.1) is 5.56 Å². The second-order valence-corrected chi connectivity index (χ2v) is 3.41. The third-order valence-electron chi connectivity index (χ3n) is 1.41. The van der Waals surface area contributed by atoms with Crippen molar-refractivity contribution in [3.63, 3.8) is 0 Å². The van der Waals surface area contributed by atoms with Gasteiger partial charge in [-0.05, 0) is 22.6 Å². The van der Waals surface area contributed by atoms with Gasteiger partial charge in [-0.25, -0.2) is 8.78 Å². The van der Waals surface area contributed by atoms with Crippen LogP contribution >= 0.6 is 22.6 Å². The number of carbonyl (C=O) groups is 1. The van der Waals surface area contributed by atoms with Crippen LogP contribution in [0.2, 0.25) is 0 Å². The minimum Gasteiger partial charge on any atom is -0.366 e. The van der Waals surface area contributed by atoms with Gasteiger partial charge in [-0.3, -0.25) is 9.78 Å². The predicted octanol–water partition coefficient (Wildman–Crippen LogP) is 1.72. The number of amides is 1. The van der Waals surface area contributed by atoms with Gasteiger partial charge in [0.25, 0.3) is 6.43 Å². The Balaban J connectivity index is 3.34. The van der Waals surface area contributed by atoms with E-state index in [1.165, 1.54) is 6.20 Å². The molecule has 0 aliphatic rings. The number of nitrogens with zero attached hydrogens (tertiary/aromatic N) is 1. The van der Waals surface area contributed by atoms with Crippen molar-refractivity contribution < 1.29 is 13.6 Å². The second kappa shape index (κ2) is 3.95. The summed E-state index contributed by atoms with van der Waals surface area (Å²) in [5.74, 6) is -0.859. The van der Waals surface area contributed by atoms with Crippen molar-refractivity contribution in [1.29, 1.82) is 0 Å². The molecule has 0 bridgehead atoms. The molecule has 13 heavy (non-hydrogen) atoms. The fourth-order valence-corrected chi connectivity index (χ4v) is 1.61. The van der Waals surface area contributed by atoms with Crippen molar-refractivity contribution in [2.45, 2.75) is 6.43 Å². The van der Waals surface area contributed by atoms with E-state index in [0.717, 1.165) is 6.20 Å². The van der Waals surface area contributed by atoms with Gasteiger partial charge in [0, 0.05) is 21.5 Å². The molecule has 0 spiro atoms. The molecule has 0 saturated heterocycles. The van der Waals surface area contributed by atoms with Crippen LogP contribution < -0.4 is 5.73 Å². The van der Waals surface area contributed by atoms with E-state index in [1.54, 1.807) is 22.6 Å². The molecule has 0 aromatic carbocycles. The lowest BCUT2D eigenvalue weighted by atomic mass is 10.1. The fraction of sp³-hybridized carbons (Fsp3) is 0.143. The molecule has 1 aromatic heterocycles. The molecule has 0 fully saturated rings. The number of alkyl halides is 2. The molecule has 3 nitrogen and oxygen atoms in total. The molecule has 1 rings (SSSR count). The summed E-state index contributed by atoms with van der Waals surface area (Å²) in [7, 11) is 0. The largest absolute Gasteiger partial charge is 0.366 e. The number of hydrogen-bond acceptors (Lipinski definition) is 2. The van der Waals surface area contributed by atoms with Gasteiger partial charge in [-0.1, -0.05) is 0 Å². The number of nitrogens with two attached hydrogens (primary N) is 1. The molecule has 0 unspecified atom stereocenters. The molecule has 0 aliphatic carbocycles. The highest BCUT2D eigenvalue weighted by Gasteiger charge is 2.19. The maximum atomic E-state index is 12.3. The monoisotopic (exact) mass is 298 g/mol. The average Bonchev–Trinajstić information content (AvgIpc) is 2.02. The minimum absolute atomic E-state index is 0.148. The summed E-state index contributed by atoms with van der Waals surface area (Å²) in [6, 6.07) is 0. The van der Waals surface area contributed by atoms with E-state index < -0.39 is 17.9 Å². The van der Waals surface area contributed by atoms with Gasteiger partial charge in [0.1, 0.15) is 0 Å². The van der Waals surface area contributed by atoms with Crippen LogP contribution in [0, 0.1) is 3.57 Å². The number of carbonyl (C=O) groups excluding carboxylic acids is 1. The third kappa shape index (κ3) is 2.11. The van der Waals surface area contributed by atoms with Crippen molar-refractivity contribution >= 4 is 28.5 Å². The quantitative estimate of drug-likeness (QED) is 0.845. The van der Waals surface area contributed by atoms with Crippen LogP contribution in [-0.4, -0.2) is 10.9 Å². The van der Waals surface area contributed by atoms with E-state index in [4.69, 9.17) is 5.73 Å². The Labute approximate surface area is 86.5 Å². The summed E-state index contributed by atoms with van der Waals surface area (Å²) < 4.78 is 25.0. The van der Waals surface area contributed by atoms with Gasteiger partial charge in [0.2, 0.25) is 5.91 Å². The Morgan fingerprint density at radius 2 is 2.15 bits per heavy atom. The van der Waals surface area contributed by atoms with E-state index in [1.807, 2.05) is 0 Å². The summed E-state index contributed by atoms with van der Waals surface area (Å²) >= 11 is 1.74. The maximum Gasteiger partial charge on any atom is 0.266 e. The van der Waals surface area contributed by atoms with Crippen LogP contribution in [0.4, 0.5) is 8.78 Å². The molecular formula is C7H5F2IN2O. The molecule has 1 aromatic rings. The zero-order chi connectivity index (χ0) is 10.0. The summed E-state index contributed by atoms with van der Waals surface area (Å²) in [5.41, 5.74) is 4.38. The van der Waals surface area contributed by atoms with E-state index >= 15 is 0 Å². The molecular weight excluding hydrogens is 293 g/mol. The van der Waals surface area contributed by atoms with Gasteiger partial charge < -0.3 is 5.73 Å². The van der Waals surface area contributed by atoms with Crippen LogP contribution in [0.15, 0.2) is 12.4 Å². The van der Waals surface area contributed by atoms with Gasteiger partial charge in [-0.2, -0.15) is 0 Å². The normalized spacial score (nSPS) is 10.5. The topological polar surface area (TPSA) is 56.0 Å². The Morgan fingerprint density at radius 3 is 2.54 bits per heavy atom. The molecule has 1 amide bonds. The number of hydrogen-bond donors (Lipinski definition) is 1. The molecule has 0 radical (unpaired) electrons. The highest BCUT2D eigenvalue weighted by atomic mass is 127. The van der Waals surface area contributed by atoms with Crippen molar-refractivity contribution in [2.75, 3.05) is 0 Å². The first-order chi connectivity index (χ1) is 6.04. The van der Waals surface area contributed by atoms with Crippen LogP contribution in [-0.2, 0) is 0 Å². The number of aromatic nitrogens is 1. The second-order valence-electron chi connectivity index (χ2n) is 2.25. The van der Waals surface area contributed by atoms with Crippen molar-refractivity contribution in [3.05, 3.63) is 27.1 Å². The zero-order valence-corrected chi connectivity index (χ0v) is 8.46. The first-order valence-electron chi connectivity index (χ1n) is 3.25. The standard InChI is InChI=1S/C7H5F2IN2O/c8-6(9)3-1-12-2-4(10)5(3)7(11)13/h1-2,6H,(H2,11,13). The maximum absolute atomic E-state index is 12.3. The van der Waals surface area contributed by atoms with Crippen molar-refractivity contribution in [1.82, 2.24) is 4.98 Å². The van der Waals surface area contributed by atoms with Crippen LogP contribution in [0.1, 0.15) is 22.3 Å². The molecule has 0 saturated carbocycles. The lowest BCUT2D eigenvalue weighted by Crippen LogP contribution is -2.16. The smallest absolute Gasteiger partial charge is 0.266 e. The number of rotatable bonds is 2. The third-order valence-corrected chi connectivity index (χ3v) is 2.23. The molecule has 0 atom stereocenters. The lowest BCUT2D eigenvalue weighted by Gasteiger charge is -2.05. The predicted molar refractivity (Wildman–Crippen MR) is 50.4 cm³/mol. The van der Waals surface area contributed by atoms with Crippen LogP contribution in [0.25, 0.3) is 0 Å².